The Kier molecular flexibility index (Phi) is 7.33. The zero-order valence-corrected chi connectivity index (χ0v) is 22.3. The summed E-state index contributed by atoms with van der Waals surface area (Å²) in [7, 11) is 0. The summed E-state index contributed by atoms with van der Waals surface area (Å²) in [6.07, 6.45) is 4.15. The highest BCUT2D eigenvalue weighted by Gasteiger charge is 2.26. The van der Waals surface area contributed by atoms with E-state index in [1.807, 2.05) is 23.1 Å². The first kappa shape index (κ1) is 24.4. The van der Waals surface area contributed by atoms with Crippen molar-refractivity contribution < 1.29 is 4.79 Å². The van der Waals surface area contributed by atoms with Crippen LogP contribution in [0.5, 0.6) is 0 Å². The molecular weight excluding hydrogens is 464 g/mol. The van der Waals surface area contributed by atoms with E-state index in [4.69, 9.17) is 9.97 Å². The highest BCUT2D eigenvalue weighted by Crippen LogP contribution is 2.35. The van der Waals surface area contributed by atoms with Gasteiger partial charge in [0.15, 0.2) is 0 Å². The zero-order valence-electron chi connectivity index (χ0n) is 21.5. The molecule has 0 atom stereocenters. The van der Waals surface area contributed by atoms with E-state index in [1.54, 1.807) is 11.3 Å². The van der Waals surface area contributed by atoms with Gasteiger partial charge in [-0.2, -0.15) is 0 Å². The Labute approximate surface area is 217 Å². The van der Waals surface area contributed by atoms with Crippen LogP contribution in [0.15, 0.2) is 54.6 Å². The lowest BCUT2D eigenvalue weighted by Crippen LogP contribution is -2.49. The number of benzene rings is 2. The summed E-state index contributed by atoms with van der Waals surface area (Å²) in [5.41, 5.74) is 4.56. The summed E-state index contributed by atoms with van der Waals surface area (Å²) in [5.74, 6) is 1.99. The molecule has 0 spiro atoms. The first-order valence-corrected chi connectivity index (χ1v) is 13.8. The molecule has 1 aliphatic rings. The van der Waals surface area contributed by atoms with Crippen LogP contribution < -0.4 is 4.90 Å². The number of fused-ring (bicyclic) bond motifs is 1. The van der Waals surface area contributed by atoms with Gasteiger partial charge in [-0.15, -0.1) is 11.3 Å². The Hall–Kier alpha value is -3.25. The molecule has 6 heteroatoms. The van der Waals surface area contributed by atoms with Crippen molar-refractivity contribution in [2.45, 2.75) is 46.5 Å². The minimum atomic E-state index is 0.122. The van der Waals surface area contributed by atoms with Crippen molar-refractivity contribution in [3.8, 4) is 0 Å². The summed E-state index contributed by atoms with van der Waals surface area (Å²) in [4.78, 5) is 29.9. The van der Waals surface area contributed by atoms with Gasteiger partial charge >= 0.3 is 0 Å². The molecule has 1 amide bonds. The monoisotopic (exact) mass is 498 g/mol. The first-order chi connectivity index (χ1) is 17.5. The fraction of sp³-hybridized carbons (Fsp3) is 0.367. The lowest BCUT2D eigenvalue weighted by atomic mass is 10.1. The normalized spacial score (nSPS) is 14.0. The lowest BCUT2D eigenvalue weighted by molar-refractivity contribution is 0.0746. The maximum atomic E-state index is 13.2. The van der Waals surface area contributed by atoms with Crippen LogP contribution in [-0.2, 0) is 12.8 Å². The van der Waals surface area contributed by atoms with Crippen molar-refractivity contribution >= 4 is 33.3 Å². The number of rotatable bonds is 7. The van der Waals surface area contributed by atoms with Crippen molar-refractivity contribution in [2.75, 3.05) is 31.1 Å². The quantitative estimate of drug-likeness (QED) is 0.304. The standard InChI is InChI=1S/C30H34N4OS/c1-4-5-9-23-12-14-25(15-13-23)30(35)34-18-16-33(17-19-34)28-27-21(2)22(3)36-29(27)32-26(31-28)20-24-10-7-6-8-11-24/h6-8,10-15H,4-5,9,16-20H2,1-3H3. The van der Waals surface area contributed by atoms with E-state index in [1.165, 1.54) is 34.4 Å². The third-order valence-electron chi connectivity index (χ3n) is 7.15. The SMILES string of the molecule is CCCCc1ccc(C(=O)N2CCN(c3nc(Cc4ccccc4)nc4sc(C)c(C)c34)CC2)cc1. The van der Waals surface area contributed by atoms with Gasteiger partial charge in [-0.25, -0.2) is 9.97 Å². The smallest absolute Gasteiger partial charge is 0.253 e. The van der Waals surface area contributed by atoms with Crippen molar-refractivity contribution in [1.82, 2.24) is 14.9 Å². The molecule has 3 heterocycles. The van der Waals surface area contributed by atoms with Gasteiger partial charge in [-0.1, -0.05) is 55.8 Å². The molecule has 1 aliphatic heterocycles. The number of anilines is 1. The maximum absolute atomic E-state index is 13.2. The fourth-order valence-corrected chi connectivity index (χ4v) is 5.90. The molecule has 186 valence electrons. The number of nitrogens with zero attached hydrogens (tertiary/aromatic N) is 4. The summed E-state index contributed by atoms with van der Waals surface area (Å²) in [5, 5.41) is 1.16. The van der Waals surface area contributed by atoms with Gasteiger partial charge in [0, 0.05) is 43.0 Å². The molecule has 0 unspecified atom stereocenters. The number of amides is 1. The molecular formula is C30H34N4OS. The van der Waals surface area contributed by atoms with Crippen molar-refractivity contribution in [3.05, 3.63) is 87.6 Å². The Morgan fingerprint density at radius 1 is 0.917 bits per heavy atom. The van der Waals surface area contributed by atoms with Gasteiger partial charge in [0.2, 0.25) is 0 Å². The molecule has 4 aromatic rings. The van der Waals surface area contributed by atoms with Gasteiger partial charge < -0.3 is 9.80 Å². The Balaban J connectivity index is 1.34. The predicted octanol–water partition coefficient (Wildman–Crippen LogP) is 6.20. The van der Waals surface area contributed by atoms with E-state index < -0.39 is 0 Å². The van der Waals surface area contributed by atoms with E-state index in [0.29, 0.717) is 19.5 Å². The molecule has 0 bridgehead atoms. The second-order valence-electron chi connectivity index (χ2n) is 9.67. The van der Waals surface area contributed by atoms with Crippen LogP contribution in [0.25, 0.3) is 10.2 Å². The highest BCUT2D eigenvalue weighted by molar-refractivity contribution is 7.18. The topological polar surface area (TPSA) is 49.3 Å². The molecule has 0 saturated carbocycles. The third kappa shape index (κ3) is 5.14. The van der Waals surface area contributed by atoms with Crippen molar-refractivity contribution in [3.63, 3.8) is 0 Å². The predicted molar refractivity (Wildman–Crippen MR) is 149 cm³/mol. The average molecular weight is 499 g/mol. The van der Waals surface area contributed by atoms with E-state index in [-0.39, 0.29) is 5.91 Å². The number of aryl methyl sites for hydroxylation is 3. The van der Waals surface area contributed by atoms with E-state index in [9.17, 15) is 4.79 Å². The van der Waals surface area contributed by atoms with Crippen molar-refractivity contribution in [1.29, 1.82) is 0 Å². The van der Waals surface area contributed by atoms with Crippen LogP contribution in [0.1, 0.15) is 57.5 Å². The summed E-state index contributed by atoms with van der Waals surface area (Å²) < 4.78 is 0. The molecule has 0 aliphatic carbocycles. The second-order valence-corrected chi connectivity index (χ2v) is 10.9. The van der Waals surface area contributed by atoms with Crippen LogP contribution in [0.2, 0.25) is 0 Å². The first-order valence-electron chi connectivity index (χ1n) is 13.0. The number of aromatic nitrogens is 2. The molecule has 0 radical (unpaired) electrons. The summed E-state index contributed by atoms with van der Waals surface area (Å²) >= 11 is 1.75. The van der Waals surface area contributed by atoms with Crippen LogP contribution in [0.4, 0.5) is 5.82 Å². The van der Waals surface area contributed by atoms with Gasteiger partial charge in [0.05, 0.1) is 5.39 Å². The number of carbonyl (C=O) groups is 1. The number of carbonyl (C=O) groups excluding carboxylic acids is 1. The van der Waals surface area contributed by atoms with E-state index >= 15 is 0 Å². The third-order valence-corrected chi connectivity index (χ3v) is 8.25. The zero-order chi connectivity index (χ0) is 25.1. The highest BCUT2D eigenvalue weighted by atomic mass is 32.1. The minimum absolute atomic E-state index is 0.122. The van der Waals surface area contributed by atoms with Crippen LogP contribution in [0.3, 0.4) is 0 Å². The largest absolute Gasteiger partial charge is 0.352 e. The number of piperazine rings is 1. The molecule has 1 fully saturated rings. The summed E-state index contributed by atoms with van der Waals surface area (Å²) in [6.45, 7) is 9.45. The molecule has 5 nitrogen and oxygen atoms in total. The number of hydrogen-bond acceptors (Lipinski definition) is 5. The molecule has 0 N–H and O–H groups in total. The van der Waals surface area contributed by atoms with Gasteiger partial charge in [0.25, 0.3) is 5.91 Å². The Bertz CT molecular complexity index is 1340. The van der Waals surface area contributed by atoms with Crippen LogP contribution in [-0.4, -0.2) is 47.0 Å². The van der Waals surface area contributed by atoms with Gasteiger partial charge in [-0.3, -0.25) is 4.79 Å². The van der Waals surface area contributed by atoms with E-state index in [2.05, 4.69) is 62.1 Å². The number of thiophene rings is 1. The van der Waals surface area contributed by atoms with Crippen LogP contribution in [0, 0.1) is 13.8 Å². The van der Waals surface area contributed by atoms with Crippen molar-refractivity contribution in [2.24, 2.45) is 0 Å². The van der Waals surface area contributed by atoms with Gasteiger partial charge in [0.1, 0.15) is 16.5 Å². The Morgan fingerprint density at radius 3 is 2.33 bits per heavy atom. The Morgan fingerprint density at radius 2 is 1.64 bits per heavy atom. The molecule has 5 rings (SSSR count). The number of hydrogen-bond donors (Lipinski definition) is 0. The maximum Gasteiger partial charge on any atom is 0.253 e. The fourth-order valence-electron chi connectivity index (χ4n) is 4.86. The summed E-state index contributed by atoms with van der Waals surface area (Å²) in [6, 6.07) is 18.6. The molecule has 36 heavy (non-hydrogen) atoms. The molecule has 2 aromatic heterocycles. The van der Waals surface area contributed by atoms with Crippen LogP contribution >= 0.6 is 11.3 Å². The number of unbranched alkanes of at least 4 members (excludes halogenated alkanes) is 1. The van der Waals surface area contributed by atoms with Gasteiger partial charge in [-0.05, 0) is 55.5 Å². The van der Waals surface area contributed by atoms with E-state index in [0.717, 1.165) is 46.9 Å². The second kappa shape index (κ2) is 10.8. The molecule has 2 aromatic carbocycles. The average Bonchev–Trinajstić information content (AvgIpc) is 3.20. The minimum Gasteiger partial charge on any atom is -0.352 e. The lowest BCUT2D eigenvalue weighted by Gasteiger charge is -2.36. The molecule has 1 saturated heterocycles.